The average molecular weight is 416 g/mol. The summed E-state index contributed by atoms with van der Waals surface area (Å²) in [7, 11) is 0. The van der Waals surface area contributed by atoms with E-state index in [1.165, 1.54) is 12.1 Å². The lowest BCUT2D eigenvalue weighted by Crippen LogP contribution is -2.49. The van der Waals surface area contributed by atoms with E-state index in [4.69, 9.17) is 0 Å². The van der Waals surface area contributed by atoms with Crippen LogP contribution in [0.25, 0.3) is 5.82 Å². The largest absolute Gasteiger partial charge is 0.416 e. The van der Waals surface area contributed by atoms with E-state index in [0.29, 0.717) is 37.8 Å². The molecule has 1 aliphatic rings. The zero-order valence-corrected chi connectivity index (χ0v) is 16.2. The van der Waals surface area contributed by atoms with Crippen molar-refractivity contribution in [2.75, 3.05) is 31.1 Å². The predicted octanol–water partition coefficient (Wildman–Crippen LogP) is 2.95. The third kappa shape index (κ3) is 4.12. The van der Waals surface area contributed by atoms with Crippen LogP contribution < -0.4 is 4.90 Å². The van der Waals surface area contributed by atoms with Gasteiger partial charge in [-0.3, -0.25) is 9.36 Å². The molecule has 0 spiro atoms. The van der Waals surface area contributed by atoms with Gasteiger partial charge in [0, 0.05) is 50.2 Å². The summed E-state index contributed by atoms with van der Waals surface area (Å²) in [6, 6.07) is 6.18. The number of hydrogen-bond donors (Lipinski definition) is 0. The van der Waals surface area contributed by atoms with Gasteiger partial charge in [0.1, 0.15) is 23.8 Å². The highest BCUT2D eigenvalue weighted by Crippen LogP contribution is 2.29. The maximum absolute atomic E-state index is 12.7. The van der Waals surface area contributed by atoms with E-state index in [1.807, 2.05) is 13.0 Å². The number of nitrogens with zero attached hydrogens (tertiary/aromatic N) is 6. The number of piperazine rings is 1. The lowest BCUT2D eigenvalue weighted by Gasteiger charge is -2.35. The van der Waals surface area contributed by atoms with Crippen LogP contribution in [0.15, 0.2) is 49.1 Å². The first-order valence-corrected chi connectivity index (χ1v) is 9.37. The molecular formula is C20H19F3N6O. The maximum atomic E-state index is 12.7. The molecule has 10 heteroatoms. The Hall–Kier alpha value is -3.43. The van der Waals surface area contributed by atoms with Crippen molar-refractivity contribution in [3.05, 3.63) is 66.0 Å². The molecule has 0 aliphatic carbocycles. The molecule has 2 aromatic heterocycles. The van der Waals surface area contributed by atoms with Crippen molar-refractivity contribution in [3.8, 4) is 5.82 Å². The van der Waals surface area contributed by atoms with Crippen LogP contribution in [0.2, 0.25) is 0 Å². The molecule has 0 radical (unpaired) electrons. The summed E-state index contributed by atoms with van der Waals surface area (Å²) in [5.74, 6) is 1.81. The fourth-order valence-corrected chi connectivity index (χ4v) is 3.35. The van der Waals surface area contributed by atoms with Gasteiger partial charge in [0.2, 0.25) is 0 Å². The van der Waals surface area contributed by atoms with Crippen molar-refractivity contribution >= 4 is 11.7 Å². The second-order valence-electron chi connectivity index (χ2n) is 6.96. The number of hydrogen-bond acceptors (Lipinski definition) is 5. The second-order valence-corrected chi connectivity index (χ2v) is 6.96. The molecule has 7 nitrogen and oxygen atoms in total. The van der Waals surface area contributed by atoms with Crippen molar-refractivity contribution in [1.29, 1.82) is 0 Å². The Labute approximate surface area is 170 Å². The van der Waals surface area contributed by atoms with E-state index in [-0.39, 0.29) is 11.5 Å². The molecule has 0 N–H and O–H groups in total. The number of anilines is 1. The topological polar surface area (TPSA) is 67.2 Å². The summed E-state index contributed by atoms with van der Waals surface area (Å²) in [5.41, 5.74) is -0.520. The summed E-state index contributed by atoms with van der Waals surface area (Å²) in [5, 5.41) is 0. The number of aromatic nitrogens is 4. The zero-order valence-electron chi connectivity index (χ0n) is 16.2. The first-order valence-electron chi connectivity index (χ1n) is 9.37. The van der Waals surface area contributed by atoms with Gasteiger partial charge in [0.15, 0.2) is 0 Å². The molecular weight excluding hydrogens is 397 g/mol. The lowest BCUT2D eigenvalue weighted by atomic mass is 10.1. The van der Waals surface area contributed by atoms with Crippen molar-refractivity contribution < 1.29 is 18.0 Å². The highest BCUT2D eigenvalue weighted by molar-refractivity contribution is 5.94. The molecule has 30 heavy (non-hydrogen) atoms. The molecule has 4 rings (SSSR count). The number of alkyl halides is 3. The van der Waals surface area contributed by atoms with Crippen LogP contribution in [0.5, 0.6) is 0 Å². The molecule has 3 heterocycles. The third-order valence-corrected chi connectivity index (χ3v) is 4.93. The molecule has 156 valence electrons. The minimum Gasteiger partial charge on any atom is -0.353 e. The molecule has 0 atom stereocenters. The van der Waals surface area contributed by atoms with Crippen molar-refractivity contribution in [2.24, 2.45) is 0 Å². The Morgan fingerprint density at radius 2 is 1.67 bits per heavy atom. The molecule has 1 saturated heterocycles. The van der Waals surface area contributed by atoms with Crippen LogP contribution >= 0.6 is 0 Å². The minimum atomic E-state index is -4.42. The van der Waals surface area contributed by atoms with Crippen LogP contribution in [0, 0.1) is 6.92 Å². The molecule has 1 aliphatic heterocycles. The highest BCUT2D eigenvalue weighted by atomic mass is 19.4. The number of carbonyl (C=O) groups is 1. The molecule has 1 aromatic carbocycles. The first kappa shape index (κ1) is 19.9. The monoisotopic (exact) mass is 416 g/mol. The normalized spacial score (nSPS) is 14.8. The summed E-state index contributed by atoms with van der Waals surface area (Å²) >= 11 is 0. The SMILES string of the molecule is Cc1nc(N2CCN(C(=O)c3ccc(C(F)(F)F)cc3)CC2)cc(-n2ccnc2)n1. The lowest BCUT2D eigenvalue weighted by molar-refractivity contribution is -0.137. The highest BCUT2D eigenvalue weighted by Gasteiger charge is 2.31. The van der Waals surface area contributed by atoms with Gasteiger partial charge >= 0.3 is 6.18 Å². The van der Waals surface area contributed by atoms with Crippen LogP contribution in [0.1, 0.15) is 21.7 Å². The van der Waals surface area contributed by atoms with E-state index >= 15 is 0 Å². The van der Waals surface area contributed by atoms with Crippen LogP contribution in [-0.4, -0.2) is 56.5 Å². The fourth-order valence-electron chi connectivity index (χ4n) is 3.35. The standard InChI is InChI=1S/C20H19F3N6O/c1-14-25-17(12-18(26-14)29-7-6-24-13-29)27-8-10-28(11-9-27)19(30)15-2-4-16(5-3-15)20(21,22)23/h2-7,12-13H,8-11H2,1H3. The van der Waals surface area contributed by atoms with Crippen LogP contribution in [0.4, 0.5) is 19.0 Å². The summed E-state index contributed by atoms with van der Waals surface area (Å²) in [4.78, 5) is 29.3. The molecule has 1 amide bonds. The third-order valence-electron chi connectivity index (χ3n) is 4.93. The molecule has 0 saturated carbocycles. The number of amides is 1. The summed E-state index contributed by atoms with van der Waals surface area (Å²) in [6.07, 6.45) is 0.708. The molecule has 3 aromatic rings. The maximum Gasteiger partial charge on any atom is 0.416 e. The number of carbonyl (C=O) groups excluding carboxylic acids is 1. The molecule has 0 unspecified atom stereocenters. The average Bonchev–Trinajstić information content (AvgIpc) is 3.27. The smallest absolute Gasteiger partial charge is 0.353 e. The van der Waals surface area contributed by atoms with Gasteiger partial charge in [0.25, 0.3) is 5.91 Å². The molecule has 1 fully saturated rings. The van der Waals surface area contributed by atoms with Gasteiger partial charge in [-0.15, -0.1) is 0 Å². The quantitative estimate of drug-likeness (QED) is 0.657. The number of rotatable bonds is 3. The van der Waals surface area contributed by atoms with E-state index in [0.717, 1.165) is 18.0 Å². The van der Waals surface area contributed by atoms with Gasteiger partial charge in [-0.2, -0.15) is 13.2 Å². The van der Waals surface area contributed by atoms with E-state index in [1.54, 1.807) is 28.2 Å². The van der Waals surface area contributed by atoms with E-state index in [9.17, 15) is 18.0 Å². The van der Waals surface area contributed by atoms with E-state index < -0.39 is 11.7 Å². The Balaban J connectivity index is 1.43. The Morgan fingerprint density at radius 3 is 2.27 bits per heavy atom. The van der Waals surface area contributed by atoms with Crippen LogP contribution in [-0.2, 0) is 6.18 Å². The van der Waals surface area contributed by atoms with Gasteiger partial charge in [-0.1, -0.05) is 0 Å². The minimum absolute atomic E-state index is 0.247. The Bertz CT molecular complexity index is 1030. The summed E-state index contributed by atoms with van der Waals surface area (Å²) in [6.45, 7) is 3.83. The Kier molecular flexibility index (Phi) is 5.15. The summed E-state index contributed by atoms with van der Waals surface area (Å²) < 4.78 is 39.9. The van der Waals surface area contributed by atoms with Gasteiger partial charge in [-0.25, -0.2) is 15.0 Å². The van der Waals surface area contributed by atoms with Crippen molar-refractivity contribution in [3.63, 3.8) is 0 Å². The predicted molar refractivity (Wildman–Crippen MR) is 103 cm³/mol. The van der Waals surface area contributed by atoms with Crippen molar-refractivity contribution in [2.45, 2.75) is 13.1 Å². The molecule has 0 bridgehead atoms. The van der Waals surface area contributed by atoms with Crippen molar-refractivity contribution in [1.82, 2.24) is 24.4 Å². The second kappa shape index (κ2) is 7.77. The number of benzene rings is 1. The van der Waals surface area contributed by atoms with Gasteiger partial charge in [0.05, 0.1) is 5.56 Å². The van der Waals surface area contributed by atoms with Crippen LogP contribution in [0.3, 0.4) is 0 Å². The zero-order chi connectivity index (χ0) is 21.3. The first-order chi connectivity index (χ1) is 14.3. The number of imidazole rings is 1. The van der Waals surface area contributed by atoms with Gasteiger partial charge in [-0.05, 0) is 31.2 Å². The number of halogens is 3. The van der Waals surface area contributed by atoms with Gasteiger partial charge < -0.3 is 9.80 Å². The fraction of sp³-hybridized carbons (Fsp3) is 0.300. The number of aryl methyl sites for hydroxylation is 1. The Morgan fingerprint density at radius 1 is 1.00 bits per heavy atom. The van der Waals surface area contributed by atoms with E-state index in [2.05, 4.69) is 19.9 Å².